The highest BCUT2D eigenvalue weighted by Gasteiger charge is 2.08. The molecule has 0 radical (unpaired) electrons. The van der Waals surface area contributed by atoms with Crippen molar-refractivity contribution in [1.82, 2.24) is 0 Å². The predicted octanol–water partition coefficient (Wildman–Crippen LogP) is 3.18. The van der Waals surface area contributed by atoms with Gasteiger partial charge in [-0.25, -0.2) is 9.18 Å². The van der Waals surface area contributed by atoms with Gasteiger partial charge in [-0.05, 0) is 23.8 Å². The first-order valence-electron chi connectivity index (χ1n) is 4.72. The second kappa shape index (κ2) is 4.45. The van der Waals surface area contributed by atoms with Gasteiger partial charge in [0.1, 0.15) is 10.7 Å². The summed E-state index contributed by atoms with van der Waals surface area (Å²) in [7, 11) is 0. The molecule has 2 aromatic rings. The number of hydrogen-bond acceptors (Lipinski definition) is 2. The lowest BCUT2D eigenvalue weighted by Crippen LogP contribution is -1.90. The fraction of sp³-hybridized carbons (Fsp3) is 0.0833. The number of thiophene rings is 1. The molecule has 0 aliphatic carbocycles. The van der Waals surface area contributed by atoms with Gasteiger partial charge in [-0.1, -0.05) is 18.2 Å². The molecule has 0 unspecified atom stereocenters. The minimum atomic E-state index is -0.940. The molecular weight excluding hydrogens is 227 g/mol. The normalized spacial score (nSPS) is 10.3. The minimum Gasteiger partial charge on any atom is -0.477 e. The van der Waals surface area contributed by atoms with E-state index in [1.807, 2.05) is 0 Å². The molecule has 0 saturated carbocycles. The Morgan fingerprint density at radius 1 is 1.25 bits per heavy atom. The van der Waals surface area contributed by atoms with Crippen molar-refractivity contribution < 1.29 is 14.3 Å². The fourth-order valence-electron chi connectivity index (χ4n) is 1.42. The van der Waals surface area contributed by atoms with Gasteiger partial charge in [-0.2, -0.15) is 0 Å². The summed E-state index contributed by atoms with van der Waals surface area (Å²) in [5.41, 5.74) is 0.585. The Labute approximate surface area is 96.0 Å². The van der Waals surface area contributed by atoms with Crippen LogP contribution in [0.25, 0.3) is 0 Å². The third kappa shape index (κ3) is 2.28. The molecule has 0 bridgehead atoms. The lowest BCUT2D eigenvalue weighted by atomic mass is 10.1. The molecule has 2 rings (SSSR count). The number of halogens is 1. The van der Waals surface area contributed by atoms with Crippen LogP contribution in [0.2, 0.25) is 0 Å². The first-order valence-corrected chi connectivity index (χ1v) is 5.54. The predicted molar refractivity (Wildman–Crippen MR) is 60.5 cm³/mol. The van der Waals surface area contributed by atoms with Gasteiger partial charge in [-0.3, -0.25) is 0 Å². The van der Waals surface area contributed by atoms with Crippen LogP contribution in [0.3, 0.4) is 0 Å². The van der Waals surface area contributed by atoms with E-state index in [4.69, 9.17) is 5.11 Å². The van der Waals surface area contributed by atoms with E-state index in [-0.39, 0.29) is 10.7 Å². The van der Waals surface area contributed by atoms with E-state index in [1.165, 1.54) is 17.4 Å². The summed E-state index contributed by atoms with van der Waals surface area (Å²) >= 11 is 1.18. The van der Waals surface area contributed by atoms with Crippen molar-refractivity contribution in [3.05, 3.63) is 57.5 Å². The molecule has 0 fully saturated rings. The monoisotopic (exact) mass is 236 g/mol. The Kier molecular flexibility index (Phi) is 3.01. The van der Waals surface area contributed by atoms with Crippen molar-refractivity contribution in [2.24, 2.45) is 0 Å². The third-order valence-electron chi connectivity index (χ3n) is 2.19. The van der Waals surface area contributed by atoms with Crippen molar-refractivity contribution in [1.29, 1.82) is 0 Å². The molecule has 1 aromatic heterocycles. The van der Waals surface area contributed by atoms with Gasteiger partial charge in [0.15, 0.2) is 0 Å². The Morgan fingerprint density at radius 3 is 2.62 bits per heavy atom. The quantitative estimate of drug-likeness (QED) is 0.888. The number of benzene rings is 1. The van der Waals surface area contributed by atoms with Gasteiger partial charge in [-0.15, -0.1) is 11.3 Å². The number of carboxylic acid groups (broad SMARTS) is 1. The average Bonchev–Trinajstić information content (AvgIpc) is 2.70. The highest BCUT2D eigenvalue weighted by atomic mass is 32.1. The smallest absolute Gasteiger partial charge is 0.345 e. The standard InChI is InChI=1S/C12H9FO2S/c13-10-4-2-1-3-8(10)7-9-5-6-11(16-9)12(14)15/h1-6H,7H2,(H,14,15). The molecule has 0 aliphatic heterocycles. The van der Waals surface area contributed by atoms with E-state index >= 15 is 0 Å². The van der Waals surface area contributed by atoms with Crippen molar-refractivity contribution in [3.63, 3.8) is 0 Å². The van der Waals surface area contributed by atoms with Crippen LogP contribution in [0.5, 0.6) is 0 Å². The highest BCUT2D eigenvalue weighted by molar-refractivity contribution is 7.13. The maximum absolute atomic E-state index is 13.3. The van der Waals surface area contributed by atoms with Crippen LogP contribution in [0.4, 0.5) is 4.39 Å². The van der Waals surface area contributed by atoms with Crippen LogP contribution in [-0.2, 0) is 6.42 Å². The number of hydrogen-bond donors (Lipinski definition) is 1. The lowest BCUT2D eigenvalue weighted by molar-refractivity contribution is 0.0702. The van der Waals surface area contributed by atoms with Gasteiger partial charge < -0.3 is 5.11 Å². The van der Waals surface area contributed by atoms with Crippen LogP contribution in [0.1, 0.15) is 20.1 Å². The largest absolute Gasteiger partial charge is 0.477 e. The van der Waals surface area contributed by atoms with Crippen molar-refractivity contribution in [2.45, 2.75) is 6.42 Å². The van der Waals surface area contributed by atoms with Crippen LogP contribution >= 0.6 is 11.3 Å². The summed E-state index contributed by atoms with van der Waals surface area (Å²) in [4.78, 5) is 11.8. The van der Waals surface area contributed by atoms with E-state index < -0.39 is 5.97 Å². The molecule has 4 heteroatoms. The van der Waals surface area contributed by atoms with Gasteiger partial charge in [0, 0.05) is 11.3 Å². The summed E-state index contributed by atoms with van der Waals surface area (Å²) in [6, 6.07) is 9.78. The molecule has 1 heterocycles. The lowest BCUT2D eigenvalue weighted by Gasteiger charge is -1.99. The molecule has 1 aromatic carbocycles. The summed E-state index contributed by atoms with van der Waals surface area (Å²) < 4.78 is 13.3. The Bertz CT molecular complexity index is 519. The van der Waals surface area contributed by atoms with Crippen molar-refractivity contribution in [3.8, 4) is 0 Å². The summed E-state index contributed by atoms with van der Waals surface area (Å²) in [6.07, 6.45) is 0.435. The zero-order chi connectivity index (χ0) is 11.5. The van der Waals surface area contributed by atoms with Crippen LogP contribution in [0.15, 0.2) is 36.4 Å². The zero-order valence-electron chi connectivity index (χ0n) is 8.31. The molecular formula is C12H9FO2S. The maximum atomic E-state index is 13.3. The van der Waals surface area contributed by atoms with Gasteiger partial charge in [0.2, 0.25) is 0 Å². The molecule has 0 spiro atoms. The maximum Gasteiger partial charge on any atom is 0.345 e. The molecule has 1 N–H and O–H groups in total. The Morgan fingerprint density at radius 2 is 2.00 bits per heavy atom. The zero-order valence-corrected chi connectivity index (χ0v) is 9.13. The summed E-state index contributed by atoms with van der Waals surface area (Å²) in [6.45, 7) is 0. The second-order valence-corrected chi connectivity index (χ2v) is 4.51. The fourth-order valence-corrected chi connectivity index (χ4v) is 2.29. The summed E-state index contributed by atoms with van der Waals surface area (Å²) in [5, 5.41) is 8.76. The molecule has 2 nitrogen and oxygen atoms in total. The Hall–Kier alpha value is -1.68. The number of rotatable bonds is 3. The first kappa shape index (κ1) is 10.8. The van der Waals surface area contributed by atoms with Gasteiger partial charge in [0.25, 0.3) is 0 Å². The molecule has 0 amide bonds. The van der Waals surface area contributed by atoms with Crippen molar-refractivity contribution >= 4 is 17.3 Å². The molecule has 16 heavy (non-hydrogen) atoms. The number of carboxylic acids is 1. The van der Waals surface area contributed by atoms with E-state index in [2.05, 4.69) is 0 Å². The topological polar surface area (TPSA) is 37.3 Å². The molecule has 0 saturated heterocycles. The number of carbonyl (C=O) groups is 1. The highest BCUT2D eigenvalue weighted by Crippen LogP contribution is 2.21. The van der Waals surface area contributed by atoms with E-state index in [0.29, 0.717) is 12.0 Å². The second-order valence-electron chi connectivity index (χ2n) is 3.34. The van der Waals surface area contributed by atoms with E-state index in [1.54, 1.807) is 30.3 Å². The van der Waals surface area contributed by atoms with Crippen LogP contribution in [0, 0.1) is 5.82 Å². The van der Waals surface area contributed by atoms with E-state index in [9.17, 15) is 9.18 Å². The van der Waals surface area contributed by atoms with E-state index in [0.717, 1.165) is 4.88 Å². The number of aromatic carboxylic acids is 1. The SMILES string of the molecule is O=C(O)c1ccc(Cc2ccccc2F)s1. The minimum absolute atomic E-state index is 0.257. The Balaban J connectivity index is 2.21. The third-order valence-corrected chi connectivity index (χ3v) is 3.27. The average molecular weight is 236 g/mol. The molecule has 0 aliphatic rings. The van der Waals surface area contributed by atoms with Gasteiger partial charge >= 0.3 is 5.97 Å². The summed E-state index contributed by atoms with van der Waals surface area (Å²) in [5.74, 6) is -1.20. The van der Waals surface area contributed by atoms with Crippen molar-refractivity contribution in [2.75, 3.05) is 0 Å². The molecule has 0 atom stereocenters. The first-order chi connectivity index (χ1) is 7.66. The van der Waals surface area contributed by atoms with Gasteiger partial charge in [0.05, 0.1) is 0 Å². The van der Waals surface area contributed by atoms with Crippen LogP contribution < -0.4 is 0 Å². The van der Waals surface area contributed by atoms with Crippen LogP contribution in [-0.4, -0.2) is 11.1 Å². The molecule has 82 valence electrons.